The van der Waals surface area contributed by atoms with Crippen LogP contribution >= 0.6 is 0 Å². The van der Waals surface area contributed by atoms with Gasteiger partial charge in [-0.05, 0) is 23.1 Å². The number of benzene rings is 1. The van der Waals surface area contributed by atoms with Crippen molar-refractivity contribution in [3.8, 4) is 0 Å². The Labute approximate surface area is 125 Å². The SMILES string of the molecule is CC(C)NCc1ccc2ccn(Cc3cncn3C)c2c1. The van der Waals surface area contributed by atoms with E-state index in [1.807, 2.05) is 19.6 Å². The highest BCUT2D eigenvalue weighted by Gasteiger charge is 2.05. The maximum absolute atomic E-state index is 4.19. The normalized spacial score (nSPS) is 11.6. The summed E-state index contributed by atoms with van der Waals surface area (Å²) in [7, 11) is 2.03. The summed E-state index contributed by atoms with van der Waals surface area (Å²) in [5.41, 5.74) is 3.80. The highest BCUT2D eigenvalue weighted by molar-refractivity contribution is 5.80. The Morgan fingerprint density at radius 1 is 1.24 bits per heavy atom. The van der Waals surface area contributed by atoms with Gasteiger partial charge in [0.15, 0.2) is 0 Å². The smallest absolute Gasteiger partial charge is 0.0946 e. The molecule has 3 aromatic rings. The van der Waals surface area contributed by atoms with Gasteiger partial charge >= 0.3 is 0 Å². The molecule has 0 saturated heterocycles. The van der Waals surface area contributed by atoms with Gasteiger partial charge in [0.2, 0.25) is 0 Å². The summed E-state index contributed by atoms with van der Waals surface area (Å²) >= 11 is 0. The number of aryl methyl sites for hydroxylation is 1. The van der Waals surface area contributed by atoms with Gasteiger partial charge in [-0.2, -0.15) is 0 Å². The van der Waals surface area contributed by atoms with Gasteiger partial charge in [0.05, 0.1) is 18.6 Å². The molecule has 3 rings (SSSR count). The molecule has 2 aromatic heterocycles. The highest BCUT2D eigenvalue weighted by Crippen LogP contribution is 2.19. The molecule has 1 N–H and O–H groups in total. The molecule has 21 heavy (non-hydrogen) atoms. The summed E-state index contributed by atoms with van der Waals surface area (Å²) in [6.45, 7) is 6.10. The molecule has 1 aromatic carbocycles. The first-order valence-corrected chi connectivity index (χ1v) is 7.40. The van der Waals surface area contributed by atoms with Crippen molar-refractivity contribution < 1.29 is 0 Å². The molecule has 0 aliphatic carbocycles. The van der Waals surface area contributed by atoms with Crippen LogP contribution in [0.15, 0.2) is 43.0 Å². The van der Waals surface area contributed by atoms with Crippen LogP contribution in [-0.4, -0.2) is 20.2 Å². The van der Waals surface area contributed by atoms with Crippen LogP contribution in [0.25, 0.3) is 10.9 Å². The van der Waals surface area contributed by atoms with Crippen LogP contribution in [0.4, 0.5) is 0 Å². The minimum absolute atomic E-state index is 0.502. The van der Waals surface area contributed by atoms with Crippen molar-refractivity contribution in [2.75, 3.05) is 0 Å². The van der Waals surface area contributed by atoms with E-state index in [0.717, 1.165) is 13.1 Å². The number of hydrogen-bond acceptors (Lipinski definition) is 2. The first-order chi connectivity index (χ1) is 10.1. The predicted octanol–water partition coefficient (Wildman–Crippen LogP) is 2.92. The van der Waals surface area contributed by atoms with Crippen molar-refractivity contribution >= 4 is 10.9 Å². The number of imidazole rings is 1. The van der Waals surface area contributed by atoms with Crippen molar-refractivity contribution in [1.82, 2.24) is 19.4 Å². The van der Waals surface area contributed by atoms with Gasteiger partial charge in [-0.1, -0.05) is 26.0 Å². The van der Waals surface area contributed by atoms with E-state index >= 15 is 0 Å². The van der Waals surface area contributed by atoms with Crippen LogP contribution < -0.4 is 5.32 Å². The molecule has 0 aliphatic rings. The summed E-state index contributed by atoms with van der Waals surface area (Å²) in [6.07, 6.45) is 5.92. The summed E-state index contributed by atoms with van der Waals surface area (Å²) in [5, 5.41) is 4.75. The van der Waals surface area contributed by atoms with Gasteiger partial charge in [0, 0.05) is 37.5 Å². The van der Waals surface area contributed by atoms with Crippen LogP contribution in [0.5, 0.6) is 0 Å². The summed E-state index contributed by atoms with van der Waals surface area (Å²) < 4.78 is 4.35. The van der Waals surface area contributed by atoms with E-state index in [0.29, 0.717) is 6.04 Å². The van der Waals surface area contributed by atoms with E-state index in [2.05, 4.69) is 63.7 Å². The monoisotopic (exact) mass is 282 g/mol. The van der Waals surface area contributed by atoms with Gasteiger partial charge in [0.1, 0.15) is 0 Å². The molecule has 110 valence electrons. The zero-order valence-electron chi connectivity index (χ0n) is 12.9. The Morgan fingerprint density at radius 2 is 2.10 bits per heavy atom. The van der Waals surface area contributed by atoms with Crippen LogP contribution in [0.3, 0.4) is 0 Å². The van der Waals surface area contributed by atoms with E-state index in [1.165, 1.54) is 22.2 Å². The van der Waals surface area contributed by atoms with Crippen molar-refractivity contribution in [2.45, 2.75) is 33.0 Å². The van der Waals surface area contributed by atoms with Crippen molar-refractivity contribution in [2.24, 2.45) is 7.05 Å². The zero-order valence-corrected chi connectivity index (χ0v) is 12.9. The molecule has 0 aliphatic heterocycles. The molecule has 0 amide bonds. The Bertz CT molecular complexity index is 736. The van der Waals surface area contributed by atoms with Crippen LogP contribution in [0.2, 0.25) is 0 Å². The van der Waals surface area contributed by atoms with E-state index in [9.17, 15) is 0 Å². The van der Waals surface area contributed by atoms with Gasteiger partial charge in [-0.15, -0.1) is 0 Å². The molecule has 0 fully saturated rings. The topological polar surface area (TPSA) is 34.8 Å². The third-order valence-electron chi connectivity index (χ3n) is 3.80. The maximum atomic E-state index is 4.19. The second kappa shape index (κ2) is 5.74. The number of hydrogen-bond donors (Lipinski definition) is 1. The van der Waals surface area contributed by atoms with Crippen molar-refractivity contribution in [3.05, 3.63) is 54.2 Å². The quantitative estimate of drug-likeness (QED) is 0.781. The number of rotatable bonds is 5. The van der Waals surface area contributed by atoms with E-state index < -0.39 is 0 Å². The van der Waals surface area contributed by atoms with Gasteiger partial charge in [0.25, 0.3) is 0 Å². The van der Waals surface area contributed by atoms with Crippen LogP contribution in [0, 0.1) is 0 Å². The second-order valence-corrected chi connectivity index (χ2v) is 5.87. The van der Waals surface area contributed by atoms with Crippen molar-refractivity contribution in [3.63, 3.8) is 0 Å². The van der Waals surface area contributed by atoms with E-state index in [-0.39, 0.29) is 0 Å². The maximum Gasteiger partial charge on any atom is 0.0946 e. The lowest BCUT2D eigenvalue weighted by Gasteiger charge is -2.10. The second-order valence-electron chi connectivity index (χ2n) is 5.87. The lowest BCUT2D eigenvalue weighted by molar-refractivity contribution is 0.589. The van der Waals surface area contributed by atoms with Crippen LogP contribution in [-0.2, 0) is 20.1 Å². The highest BCUT2D eigenvalue weighted by atomic mass is 15.1. The third-order valence-corrected chi connectivity index (χ3v) is 3.80. The Morgan fingerprint density at radius 3 is 2.81 bits per heavy atom. The molecule has 0 atom stereocenters. The summed E-state index contributed by atoms with van der Waals surface area (Å²) in [4.78, 5) is 4.19. The molecule has 2 heterocycles. The lowest BCUT2D eigenvalue weighted by Crippen LogP contribution is -2.21. The third kappa shape index (κ3) is 3.00. The van der Waals surface area contributed by atoms with Crippen molar-refractivity contribution in [1.29, 1.82) is 0 Å². The Hall–Kier alpha value is -2.07. The van der Waals surface area contributed by atoms with Crippen LogP contribution in [0.1, 0.15) is 25.1 Å². The number of nitrogens with one attached hydrogen (secondary N) is 1. The molecule has 0 radical (unpaired) electrons. The fraction of sp³-hybridized carbons (Fsp3) is 0.353. The Balaban J connectivity index is 1.89. The minimum Gasteiger partial charge on any atom is -0.341 e. The number of fused-ring (bicyclic) bond motifs is 1. The molecular weight excluding hydrogens is 260 g/mol. The average molecular weight is 282 g/mol. The summed E-state index contributed by atoms with van der Waals surface area (Å²) in [5.74, 6) is 0. The summed E-state index contributed by atoms with van der Waals surface area (Å²) in [6, 6.07) is 9.35. The average Bonchev–Trinajstić information content (AvgIpc) is 3.04. The minimum atomic E-state index is 0.502. The Kier molecular flexibility index (Phi) is 3.80. The van der Waals surface area contributed by atoms with E-state index in [4.69, 9.17) is 0 Å². The van der Waals surface area contributed by atoms with Gasteiger partial charge in [-0.3, -0.25) is 0 Å². The zero-order chi connectivity index (χ0) is 14.8. The standard InChI is InChI=1S/C17H22N4/c1-13(2)19-9-14-4-5-15-6-7-21(17(15)8-14)11-16-10-18-12-20(16)3/h4-8,10,12-13,19H,9,11H2,1-3H3. The first-order valence-electron chi connectivity index (χ1n) is 7.40. The molecule has 4 nitrogen and oxygen atoms in total. The molecule has 0 unspecified atom stereocenters. The molecule has 4 heteroatoms. The number of nitrogens with zero attached hydrogens (tertiary/aromatic N) is 3. The molecule has 0 spiro atoms. The molecule has 0 bridgehead atoms. The van der Waals surface area contributed by atoms with Gasteiger partial charge < -0.3 is 14.5 Å². The fourth-order valence-electron chi connectivity index (χ4n) is 2.51. The fourth-order valence-corrected chi connectivity index (χ4v) is 2.51. The predicted molar refractivity (Wildman–Crippen MR) is 86.2 cm³/mol. The first kappa shape index (κ1) is 13.9. The number of aromatic nitrogens is 3. The van der Waals surface area contributed by atoms with E-state index in [1.54, 1.807) is 0 Å². The molecular formula is C17H22N4. The van der Waals surface area contributed by atoms with Gasteiger partial charge in [-0.25, -0.2) is 4.98 Å². The molecule has 0 saturated carbocycles. The lowest BCUT2D eigenvalue weighted by atomic mass is 10.1. The largest absolute Gasteiger partial charge is 0.341 e.